The minimum absolute atomic E-state index is 0. The molecular weight excluding hydrogens is 260 g/mol. The van der Waals surface area contributed by atoms with E-state index in [-0.39, 0.29) is 18.9 Å². The summed E-state index contributed by atoms with van der Waals surface area (Å²) in [7, 11) is 0.00299. The molecule has 0 aliphatic rings. The van der Waals surface area contributed by atoms with Crippen LogP contribution in [0.2, 0.25) is 19.6 Å². The molecule has 4 heteroatoms. The van der Waals surface area contributed by atoms with E-state index in [1.807, 2.05) is 0 Å². The molecule has 0 fully saturated rings. The molecule has 0 atom stereocenters. The van der Waals surface area contributed by atoms with Crippen LogP contribution in [0.15, 0.2) is 54.6 Å². The van der Waals surface area contributed by atoms with Gasteiger partial charge in [-0.05, 0) is 6.07 Å². The number of benzene rings is 2. The molecule has 1 N–H and O–H groups in total. The van der Waals surface area contributed by atoms with Gasteiger partial charge in [0.25, 0.3) is 0 Å². The maximum absolute atomic E-state index is 3.64. The number of nitrogens with one attached hydrogen (secondary N) is 1. The van der Waals surface area contributed by atoms with Gasteiger partial charge in [0.2, 0.25) is 0 Å². The molecule has 94 valence electrons. The van der Waals surface area contributed by atoms with Crippen LogP contribution in [0.4, 0.5) is 5.69 Å². The molecule has 0 aromatic heterocycles. The zero-order valence-corrected chi connectivity index (χ0v) is 14.0. The summed E-state index contributed by atoms with van der Waals surface area (Å²) in [5.74, 6) is 0. The second kappa shape index (κ2) is 7.32. The Morgan fingerprint density at radius 1 is 0.842 bits per heavy atom. The van der Waals surface area contributed by atoms with Gasteiger partial charge in [-0.2, -0.15) is 5.30 Å². The van der Waals surface area contributed by atoms with E-state index < -0.39 is 8.24 Å². The average Bonchev–Trinajstić information content (AvgIpc) is 2.28. The molecule has 0 saturated carbocycles. The van der Waals surface area contributed by atoms with Crippen LogP contribution in [0, 0.1) is 0 Å². The Labute approximate surface area is 131 Å². The van der Waals surface area contributed by atoms with Crippen molar-refractivity contribution in [3.63, 3.8) is 0 Å². The summed E-state index contributed by atoms with van der Waals surface area (Å²) >= 11 is 0. The predicted molar refractivity (Wildman–Crippen MR) is 86.0 cm³/mol. The third kappa shape index (κ3) is 5.98. The van der Waals surface area contributed by atoms with Gasteiger partial charge in [0.05, 0.1) is 0 Å². The van der Waals surface area contributed by atoms with Crippen LogP contribution in [0.3, 0.4) is 0 Å². The first kappa shape index (κ1) is 16.5. The van der Waals surface area contributed by atoms with Gasteiger partial charge < -0.3 is 13.6 Å². The Bertz CT molecular complexity index is 511. The van der Waals surface area contributed by atoms with Crippen LogP contribution in [-0.2, 0) is 0 Å². The molecule has 0 heterocycles. The quantitative estimate of drug-likeness (QED) is 0.646. The normalized spacial score (nSPS) is 11.3. The molecule has 2 aromatic carbocycles. The first-order valence-electron chi connectivity index (χ1n) is 6.18. The number of anilines is 1. The number of rotatable bonds is 4. The summed E-state index contributed by atoms with van der Waals surface area (Å²) in [4.78, 5) is 3.64. The van der Waals surface area contributed by atoms with E-state index in [2.05, 4.69) is 79.2 Å². The van der Waals surface area contributed by atoms with E-state index in [0.29, 0.717) is 0 Å². The molecular formula is C15H19LiNPSi. The third-order valence-corrected chi connectivity index (χ3v) is 4.51. The van der Waals surface area contributed by atoms with Gasteiger partial charge in [-0.25, -0.2) is 5.30 Å². The Morgan fingerprint density at radius 2 is 1.47 bits per heavy atom. The summed E-state index contributed by atoms with van der Waals surface area (Å²) in [5.41, 5.74) is 1.25. The molecule has 1 nitrogen and oxygen atoms in total. The standard InChI is InChI=1S/C15H19NPSi.Li/c1-18(2,3)16-13-8-7-11-15(12-13)17-14-9-5-4-6-10-14;/h4-12,16H,1-3H3;/q-1;+1. The van der Waals surface area contributed by atoms with Gasteiger partial charge in [-0.1, -0.05) is 68.2 Å². The molecule has 0 unspecified atom stereocenters. The van der Waals surface area contributed by atoms with Crippen molar-refractivity contribution in [2.24, 2.45) is 0 Å². The Hall–Kier alpha value is -0.516. The van der Waals surface area contributed by atoms with Crippen LogP contribution in [0.1, 0.15) is 0 Å². The summed E-state index contributed by atoms with van der Waals surface area (Å²) < 4.78 is 0. The van der Waals surface area contributed by atoms with Crippen molar-refractivity contribution in [3.8, 4) is 0 Å². The summed E-state index contributed by atoms with van der Waals surface area (Å²) in [6.07, 6.45) is 0. The van der Waals surface area contributed by atoms with E-state index in [4.69, 9.17) is 0 Å². The number of hydrogen-bond donors (Lipinski definition) is 1. The van der Waals surface area contributed by atoms with E-state index in [0.717, 1.165) is 0 Å². The molecule has 0 amide bonds. The maximum atomic E-state index is 3.64. The fourth-order valence-electron chi connectivity index (χ4n) is 1.74. The van der Waals surface area contributed by atoms with Crippen molar-refractivity contribution in [2.75, 3.05) is 4.98 Å². The summed E-state index contributed by atoms with van der Waals surface area (Å²) in [6.45, 7) is 6.94. The van der Waals surface area contributed by atoms with E-state index in [9.17, 15) is 0 Å². The molecule has 2 aromatic rings. The van der Waals surface area contributed by atoms with Gasteiger partial charge in [0.1, 0.15) is 8.24 Å². The fraction of sp³-hybridized carbons (Fsp3) is 0.200. The van der Waals surface area contributed by atoms with Crippen molar-refractivity contribution < 1.29 is 18.9 Å². The van der Waals surface area contributed by atoms with E-state index in [1.54, 1.807) is 0 Å². The van der Waals surface area contributed by atoms with Crippen molar-refractivity contribution in [3.05, 3.63) is 54.6 Å². The molecule has 0 aliphatic carbocycles. The fourth-order valence-corrected chi connectivity index (χ4v) is 3.74. The van der Waals surface area contributed by atoms with Crippen molar-refractivity contribution in [2.45, 2.75) is 19.6 Å². The largest absolute Gasteiger partial charge is 1.00 e. The second-order valence-corrected chi connectivity index (χ2v) is 11.4. The third-order valence-electron chi connectivity index (χ3n) is 2.38. The molecule has 0 saturated heterocycles. The van der Waals surface area contributed by atoms with Gasteiger partial charge in [-0.3, -0.25) is 0 Å². The summed E-state index contributed by atoms with van der Waals surface area (Å²) in [5, 5.41) is 2.67. The minimum Gasteiger partial charge on any atom is -0.472 e. The number of hydrogen-bond acceptors (Lipinski definition) is 1. The zero-order valence-electron chi connectivity index (χ0n) is 12.1. The van der Waals surface area contributed by atoms with Crippen molar-refractivity contribution >= 4 is 33.1 Å². The van der Waals surface area contributed by atoms with Crippen LogP contribution in [0.25, 0.3) is 0 Å². The molecule has 0 aliphatic heterocycles. The molecule has 0 bridgehead atoms. The van der Waals surface area contributed by atoms with Gasteiger partial charge in [0.15, 0.2) is 0 Å². The SMILES string of the molecule is C[Si](C)(C)Nc1cccc([P-]c2ccccc2)c1.[Li+]. The van der Waals surface area contributed by atoms with Crippen LogP contribution in [-0.4, -0.2) is 8.24 Å². The van der Waals surface area contributed by atoms with Gasteiger partial charge in [0, 0.05) is 5.69 Å². The zero-order chi connectivity index (χ0) is 13.0. The van der Waals surface area contributed by atoms with Crippen molar-refractivity contribution in [1.82, 2.24) is 0 Å². The van der Waals surface area contributed by atoms with Gasteiger partial charge in [-0.15, -0.1) is 0 Å². The molecule has 19 heavy (non-hydrogen) atoms. The van der Waals surface area contributed by atoms with Gasteiger partial charge >= 0.3 is 18.9 Å². The predicted octanol–water partition coefficient (Wildman–Crippen LogP) is 0.834. The monoisotopic (exact) mass is 279 g/mol. The van der Waals surface area contributed by atoms with E-state index in [1.165, 1.54) is 24.9 Å². The van der Waals surface area contributed by atoms with Crippen LogP contribution in [0.5, 0.6) is 0 Å². The maximum Gasteiger partial charge on any atom is 1.00 e. The van der Waals surface area contributed by atoms with Crippen molar-refractivity contribution in [1.29, 1.82) is 0 Å². The van der Waals surface area contributed by atoms with Crippen LogP contribution >= 0.6 is 8.58 Å². The minimum atomic E-state index is -1.27. The Balaban J connectivity index is 0.00000180. The average molecular weight is 279 g/mol. The molecule has 2 rings (SSSR count). The molecule has 0 spiro atoms. The smallest absolute Gasteiger partial charge is 0.472 e. The van der Waals surface area contributed by atoms with E-state index >= 15 is 0 Å². The molecule has 0 radical (unpaired) electrons. The Morgan fingerprint density at radius 3 is 2.11 bits per heavy atom. The second-order valence-electron chi connectivity index (χ2n) is 5.37. The first-order chi connectivity index (χ1) is 8.53. The topological polar surface area (TPSA) is 12.0 Å². The summed E-state index contributed by atoms with van der Waals surface area (Å²) in [6, 6.07) is 19.3. The Kier molecular flexibility index (Phi) is 6.37. The van der Waals surface area contributed by atoms with Crippen LogP contribution < -0.4 is 34.5 Å². The first-order valence-corrected chi connectivity index (χ1v) is 10.6.